The van der Waals surface area contributed by atoms with Gasteiger partial charge in [0.05, 0.1) is 4.92 Å². The Labute approximate surface area is 112 Å². The van der Waals surface area contributed by atoms with E-state index in [1.54, 1.807) is 6.07 Å². The monoisotopic (exact) mass is 268 g/mol. The predicted molar refractivity (Wildman–Crippen MR) is 78.7 cm³/mol. The predicted octanol–water partition coefficient (Wildman–Crippen LogP) is 3.77. The van der Waals surface area contributed by atoms with E-state index in [0.29, 0.717) is 5.69 Å². The molecule has 0 aliphatic carbocycles. The SMILES string of the molecule is CCSCCCNc1cc(C)c(C)cc1[N+](=O)[O-]. The highest BCUT2D eigenvalue weighted by atomic mass is 32.2. The van der Waals surface area contributed by atoms with Crippen LogP contribution in [0.5, 0.6) is 0 Å². The van der Waals surface area contributed by atoms with E-state index < -0.39 is 0 Å². The molecule has 18 heavy (non-hydrogen) atoms. The lowest BCUT2D eigenvalue weighted by molar-refractivity contribution is -0.384. The molecule has 0 amide bonds. The van der Waals surface area contributed by atoms with E-state index in [1.165, 1.54) is 0 Å². The Hall–Kier alpha value is -1.23. The number of anilines is 1. The number of hydrogen-bond donors (Lipinski definition) is 1. The largest absolute Gasteiger partial charge is 0.379 e. The van der Waals surface area contributed by atoms with Crippen molar-refractivity contribution in [3.63, 3.8) is 0 Å². The van der Waals surface area contributed by atoms with Gasteiger partial charge in [-0.2, -0.15) is 11.8 Å². The summed E-state index contributed by atoms with van der Waals surface area (Å²) in [6, 6.07) is 3.50. The fourth-order valence-electron chi connectivity index (χ4n) is 1.64. The summed E-state index contributed by atoms with van der Waals surface area (Å²) < 4.78 is 0. The normalized spacial score (nSPS) is 10.4. The fourth-order valence-corrected chi connectivity index (χ4v) is 2.27. The van der Waals surface area contributed by atoms with Gasteiger partial charge in [0.2, 0.25) is 0 Å². The maximum Gasteiger partial charge on any atom is 0.292 e. The smallest absolute Gasteiger partial charge is 0.292 e. The highest BCUT2D eigenvalue weighted by Gasteiger charge is 2.14. The van der Waals surface area contributed by atoms with Crippen molar-refractivity contribution >= 4 is 23.1 Å². The zero-order chi connectivity index (χ0) is 13.5. The molecule has 0 saturated carbocycles. The quantitative estimate of drug-likeness (QED) is 0.464. The molecule has 0 aromatic heterocycles. The van der Waals surface area contributed by atoms with Crippen LogP contribution >= 0.6 is 11.8 Å². The molecule has 0 fully saturated rings. The zero-order valence-corrected chi connectivity index (χ0v) is 12.0. The molecule has 1 aromatic carbocycles. The molecule has 0 heterocycles. The molecule has 0 aliphatic rings. The van der Waals surface area contributed by atoms with Crippen LogP contribution in [-0.4, -0.2) is 23.0 Å². The molecule has 0 unspecified atom stereocenters. The number of aryl methyl sites for hydroxylation is 2. The number of benzene rings is 1. The average molecular weight is 268 g/mol. The summed E-state index contributed by atoms with van der Waals surface area (Å²) in [5, 5.41) is 14.1. The molecule has 100 valence electrons. The van der Waals surface area contributed by atoms with E-state index in [0.717, 1.165) is 35.6 Å². The lowest BCUT2D eigenvalue weighted by Gasteiger charge is -2.09. The number of hydrogen-bond acceptors (Lipinski definition) is 4. The summed E-state index contributed by atoms with van der Waals surface area (Å²) in [7, 11) is 0. The van der Waals surface area contributed by atoms with Crippen molar-refractivity contribution in [1.29, 1.82) is 0 Å². The molecular formula is C13H20N2O2S. The van der Waals surface area contributed by atoms with Crippen LogP contribution in [0.25, 0.3) is 0 Å². The molecule has 1 N–H and O–H groups in total. The Morgan fingerprint density at radius 2 is 2.00 bits per heavy atom. The summed E-state index contributed by atoms with van der Waals surface area (Å²) in [6.07, 6.45) is 1.02. The number of nitro groups is 1. The van der Waals surface area contributed by atoms with E-state index >= 15 is 0 Å². The number of nitro benzene ring substituents is 1. The van der Waals surface area contributed by atoms with E-state index in [4.69, 9.17) is 0 Å². The molecule has 0 bridgehead atoms. The molecule has 5 heteroatoms. The first-order valence-electron chi connectivity index (χ1n) is 6.13. The van der Waals surface area contributed by atoms with Gasteiger partial charge in [-0.25, -0.2) is 0 Å². The van der Waals surface area contributed by atoms with Gasteiger partial charge in [-0.3, -0.25) is 10.1 Å². The lowest BCUT2D eigenvalue weighted by atomic mass is 10.1. The number of rotatable bonds is 7. The van der Waals surface area contributed by atoms with Gasteiger partial charge in [-0.1, -0.05) is 6.92 Å². The zero-order valence-electron chi connectivity index (χ0n) is 11.2. The summed E-state index contributed by atoms with van der Waals surface area (Å²) in [5.74, 6) is 2.20. The van der Waals surface area contributed by atoms with E-state index in [1.807, 2.05) is 31.7 Å². The second-order valence-electron chi connectivity index (χ2n) is 4.19. The average Bonchev–Trinajstić information content (AvgIpc) is 2.32. The van der Waals surface area contributed by atoms with E-state index in [9.17, 15) is 10.1 Å². The van der Waals surface area contributed by atoms with Crippen LogP contribution in [-0.2, 0) is 0 Å². The van der Waals surface area contributed by atoms with Crippen LogP contribution < -0.4 is 5.32 Å². The van der Waals surface area contributed by atoms with Crippen molar-refractivity contribution in [3.05, 3.63) is 33.4 Å². The maximum absolute atomic E-state index is 11.0. The first-order chi connectivity index (χ1) is 8.56. The van der Waals surface area contributed by atoms with Crippen molar-refractivity contribution in [2.75, 3.05) is 23.4 Å². The van der Waals surface area contributed by atoms with Crippen LogP contribution in [0.3, 0.4) is 0 Å². The molecule has 0 spiro atoms. The van der Waals surface area contributed by atoms with Crippen molar-refractivity contribution in [2.45, 2.75) is 27.2 Å². The summed E-state index contributed by atoms with van der Waals surface area (Å²) in [6.45, 7) is 6.77. The van der Waals surface area contributed by atoms with Gasteiger partial charge >= 0.3 is 0 Å². The van der Waals surface area contributed by atoms with Gasteiger partial charge in [-0.15, -0.1) is 0 Å². The molecule has 0 atom stereocenters. The highest BCUT2D eigenvalue weighted by Crippen LogP contribution is 2.27. The van der Waals surface area contributed by atoms with E-state index in [2.05, 4.69) is 12.2 Å². The minimum Gasteiger partial charge on any atom is -0.379 e. The fraction of sp³-hybridized carbons (Fsp3) is 0.538. The Balaban J connectivity index is 2.68. The van der Waals surface area contributed by atoms with Gasteiger partial charge in [0.1, 0.15) is 5.69 Å². The van der Waals surface area contributed by atoms with Crippen molar-refractivity contribution in [2.24, 2.45) is 0 Å². The topological polar surface area (TPSA) is 55.2 Å². The van der Waals surface area contributed by atoms with Crippen molar-refractivity contribution < 1.29 is 4.92 Å². The highest BCUT2D eigenvalue weighted by molar-refractivity contribution is 7.99. The van der Waals surface area contributed by atoms with Crippen LogP contribution in [0, 0.1) is 24.0 Å². The molecular weight excluding hydrogens is 248 g/mol. The van der Waals surface area contributed by atoms with Gasteiger partial charge < -0.3 is 5.32 Å². The molecule has 4 nitrogen and oxygen atoms in total. The number of nitrogens with one attached hydrogen (secondary N) is 1. The van der Waals surface area contributed by atoms with Crippen molar-refractivity contribution in [3.8, 4) is 0 Å². The first-order valence-corrected chi connectivity index (χ1v) is 7.29. The minimum absolute atomic E-state index is 0.168. The molecule has 1 rings (SSSR count). The first kappa shape index (κ1) is 14.8. The Morgan fingerprint density at radius 3 is 2.61 bits per heavy atom. The summed E-state index contributed by atoms with van der Waals surface area (Å²) >= 11 is 1.89. The van der Waals surface area contributed by atoms with Gasteiger partial charge in [0, 0.05) is 12.6 Å². The third kappa shape index (κ3) is 4.22. The summed E-state index contributed by atoms with van der Waals surface area (Å²) in [4.78, 5) is 10.7. The van der Waals surface area contributed by atoms with Crippen LogP contribution in [0.4, 0.5) is 11.4 Å². The molecule has 0 radical (unpaired) electrons. The summed E-state index contributed by atoms with van der Waals surface area (Å²) in [5.41, 5.74) is 2.82. The second-order valence-corrected chi connectivity index (χ2v) is 5.58. The Bertz CT molecular complexity index is 422. The number of nitrogens with zero attached hydrogens (tertiary/aromatic N) is 1. The Kier molecular flexibility index (Phi) is 5.98. The third-order valence-corrected chi connectivity index (χ3v) is 3.78. The number of thioether (sulfide) groups is 1. The molecule has 1 aromatic rings. The standard InChI is InChI=1S/C13H20N2O2S/c1-4-18-7-5-6-14-12-8-10(2)11(3)9-13(12)15(16)17/h8-9,14H,4-7H2,1-3H3. The Morgan fingerprint density at radius 1 is 1.33 bits per heavy atom. The minimum atomic E-state index is -0.324. The molecule has 0 saturated heterocycles. The van der Waals surface area contributed by atoms with E-state index in [-0.39, 0.29) is 10.6 Å². The lowest BCUT2D eigenvalue weighted by Crippen LogP contribution is -2.06. The second kappa shape index (κ2) is 7.26. The van der Waals surface area contributed by atoms with Crippen LogP contribution in [0.15, 0.2) is 12.1 Å². The van der Waals surface area contributed by atoms with Crippen LogP contribution in [0.1, 0.15) is 24.5 Å². The third-order valence-electron chi connectivity index (χ3n) is 2.79. The van der Waals surface area contributed by atoms with Gasteiger partial charge in [-0.05, 0) is 49.0 Å². The molecule has 0 aliphatic heterocycles. The van der Waals surface area contributed by atoms with Crippen LogP contribution in [0.2, 0.25) is 0 Å². The maximum atomic E-state index is 11.0. The van der Waals surface area contributed by atoms with Gasteiger partial charge in [0.25, 0.3) is 5.69 Å². The van der Waals surface area contributed by atoms with Crippen molar-refractivity contribution in [1.82, 2.24) is 0 Å². The van der Waals surface area contributed by atoms with Gasteiger partial charge in [0.15, 0.2) is 0 Å².